The molecule has 0 bridgehead atoms. The second kappa shape index (κ2) is 4.59. The molecule has 0 saturated carbocycles. The van der Waals surface area contributed by atoms with Crippen LogP contribution in [0.5, 0.6) is 0 Å². The molecule has 1 heterocycles. The second-order valence-corrected chi connectivity index (χ2v) is 5.31. The third-order valence-corrected chi connectivity index (χ3v) is 4.64. The van der Waals surface area contributed by atoms with Gasteiger partial charge < -0.3 is 0 Å². The molecule has 1 aliphatic heterocycles. The van der Waals surface area contributed by atoms with Gasteiger partial charge in [0, 0.05) is 11.5 Å². The maximum atomic E-state index is 9.11. The van der Waals surface area contributed by atoms with Crippen molar-refractivity contribution in [1.29, 1.82) is 5.26 Å². The Kier molecular flexibility index (Phi) is 3.18. The first-order valence-corrected chi connectivity index (χ1v) is 6.34. The highest BCUT2D eigenvalue weighted by Crippen LogP contribution is 2.41. The second-order valence-electron chi connectivity index (χ2n) is 2.84. The van der Waals surface area contributed by atoms with Crippen LogP contribution >= 0.6 is 23.5 Å². The van der Waals surface area contributed by atoms with E-state index in [0.717, 1.165) is 22.6 Å². The molecule has 0 amide bonds. The summed E-state index contributed by atoms with van der Waals surface area (Å²) in [4.78, 5) is 0. The monoisotopic (exact) mass is 219 g/mol. The third kappa shape index (κ3) is 1.97. The Morgan fingerprint density at radius 3 is 2.36 bits per heavy atom. The van der Waals surface area contributed by atoms with Crippen molar-refractivity contribution in [3.8, 4) is 6.07 Å². The van der Waals surface area contributed by atoms with E-state index in [2.05, 4.69) is 6.07 Å². The van der Waals surface area contributed by atoms with Crippen LogP contribution in [0.2, 0.25) is 0 Å². The number of hydrogen-bond acceptors (Lipinski definition) is 3. The molecular formula is C11H9NS2. The smallest absolute Gasteiger partial charge is 0.101 e. The zero-order valence-electron chi connectivity index (χ0n) is 7.56. The van der Waals surface area contributed by atoms with Gasteiger partial charge in [0.05, 0.1) is 9.81 Å². The number of rotatable bonds is 1. The lowest BCUT2D eigenvalue weighted by Crippen LogP contribution is -1.81. The van der Waals surface area contributed by atoms with Crippen molar-refractivity contribution in [3.63, 3.8) is 0 Å². The van der Waals surface area contributed by atoms with E-state index in [1.54, 1.807) is 23.5 Å². The molecule has 0 atom stereocenters. The van der Waals surface area contributed by atoms with Crippen LogP contribution in [0.1, 0.15) is 5.56 Å². The van der Waals surface area contributed by atoms with Crippen molar-refractivity contribution >= 4 is 29.1 Å². The number of benzene rings is 1. The van der Waals surface area contributed by atoms with Gasteiger partial charge in [-0.3, -0.25) is 0 Å². The van der Waals surface area contributed by atoms with E-state index in [1.807, 2.05) is 30.3 Å². The van der Waals surface area contributed by atoms with Crippen LogP contribution in [0.15, 0.2) is 34.6 Å². The molecule has 0 N–H and O–H groups in total. The summed E-state index contributed by atoms with van der Waals surface area (Å²) in [6.07, 6.45) is 0. The van der Waals surface area contributed by atoms with Crippen molar-refractivity contribution in [2.24, 2.45) is 0 Å². The first kappa shape index (κ1) is 9.70. The van der Waals surface area contributed by atoms with Crippen LogP contribution in [-0.4, -0.2) is 11.5 Å². The summed E-state index contributed by atoms with van der Waals surface area (Å²) in [5.74, 6) is 2.25. The topological polar surface area (TPSA) is 23.8 Å². The van der Waals surface area contributed by atoms with Crippen LogP contribution in [0, 0.1) is 11.3 Å². The van der Waals surface area contributed by atoms with E-state index < -0.39 is 0 Å². The molecule has 0 spiro atoms. The lowest BCUT2D eigenvalue weighted by molar-refractivity contribution is 1.52. The molecule has 0 radical (unpaired) electrons. The van der Waals surface area contributed by atoms with Crippen molar-refractivity contribution in [1.82, 2.24) is 0 Å². The molecule has 0 aliphatic carbocycles. The molecular weight excluding hydrogens is 210 g/mol. The lowest BCUT2D eigenvalue weighted by atomic mass is 10.1. The number of nitrogens with zero attached hydrogens (tertiary/aromatic N) is 1. The Morgan fingerprint density at radius 2 is 1.79 bits per heavy atom. The van der Waals surface area contributed by atoms with E-state index in [9.17, 15) is 0 Å². The Hall–Kier alpha value is -0.850. The Morgan fingerprint density at radius 1 is 1.14 bits per heavy atom. The predicted octanol–water partition coefficient (Wildman–Crippen LogP) is 3.36. The molecule has 3 heteroatoms. The van der Waals surface area contributed by atoms with E-state index in [4.69, 9.17) is 5.26 Å². The van der Waals surface area contributed by atoms with Gasteiger partial charge in [-0.2, -0.15) is 5.26 Å². The van der Waals surface area contributed by atoms with E-state index >= 15 is 0 Å². The quantitative estimate of drug-likeness (QED) is 0.677. The fourth-order valence-corrected chi connectivity index (χ4v) is 3.77. The molecule has 70 valence electrons. The fourth-order valence-electron chi connectivity index (χ4n) is 1.29. The minimum absolute atomic E-state index is 0.832. The van der Waals surface area contributed by atoms with Gasteiger partial charge in [-0.1, -0.05) is 30.3 Å². The van der Waals surface area contributed by atoms with E-state index in [1.165, 1.54) is 4.24 Å². The average Bonchev–Trinajstić information content (AvgIpc) is 2.74. The molecule has 0 aromatic heterocycles. The summed E-state index contributed by atoms with van der Waals surface area (Å²) >= 11 is 3.58. The first-order valence-electron chi connectivity index (χ1n) is 4.37. The zero-order valence-corrected chi connectivity index (χ0v) is 9.20. The van der Waals surface area contributed by atoms with Crippen LogP contribution in [0.25, 0.3) is 5.57 Å². The summed E-state index contributed by atoms with van der Waals surface area (Å²) in [5.41, 5.74) is 1.87. The summed E-state index contributed by atoms with van der Waals surface area (Å²) in [7, 11) is 0. The van der Waals surface area contributed by atoms with Gasteiger partial charge in [0.2, 0.25) is 0 Å². The number of allylic oxidation sites excluding steroid dienone is 1. The first-order chi connectivity index (χ1) is 6.92. The lowest BCUT2D eigenvalue weighted by Gasteiger charge is -2.01. The summed E-state index contributed by atoms with van der Waals surface area (Å²) < 4.78 is 1.18. The highest BCUT2D eigenvalue weighted by Gasteiger charge is 2.14. The normalized spacial score (nSPS) is 15.2. The fraction of sp³-hybridized carbons (Fsp3) is 0.182. The van der Waals surface area contributed by atoms with Crippen LogP contribution in [0.3, 0.4) is 0 Å². The standard InChI is InChI=1S/C11H9NS2/c12-8-10(11-13-6-7-14-11)9-4-2-1-3-5-9/h1-5H,6-7H2. The minimum Gasteiger partial charge on any atom is -0.192 e. The number of hydrogen-bond donors (Lipinski definition) is 0. The van der Waals surface area contributed by atoms with E-state index in [0.29, 0.717) is 0 Å². The molecule has 1 aromatic carbocycles. The van der Waals surface area contributed by atoms with Gasteiger partial charge in [0.25, 0.3) is 0 Å². The van der Waals surface area contributed by atoms with Crippen molar-refractivity contribution in [2.75, 3.05) is 11.5 Å². The Bertz CT molecular complexity index is 381. The largest absolute Gasteiger partial charge is 0.192 e. The minimum atomic E-state index is 0.832. The molecule has 0 unspecified atom stereocenters. The summed E-state index contributed by atoms with van der Waals surface area (Å²) in [6, 6.07) is 12.2. The van der Waals surface area contributed by atoms with Crippen LogP contribution in [0.4, 0.5) is 0 Å². The molecule has 1 saturated heterocycles. The molecule has 1 nitrogen and oxygen atoms in total. The molecule has 1 aliphatic rings. The van der Waals surface area contributed by atoms with E-state index in [-0.39, 0.29) is 0 Å². The average molecular weight is 219 g/mol. The highest BCUT2D eigenvalue weighted by atomic mass is 32.2. The predicted molar refractivity (Wildman–Crippen MR) is 63.9 cm³/mol. The van der Waals surface area contributed by atoms with Gasteiger partial charge in [-0.15, -0.1) is 23.5 Å². The maximum Gasteiger partial charge on any atom is 0.101 e. The Labute approximate surface area is 92.2 Å². The summed E-state index contributed by atoms with van der Waals surface area (Å²) in [5, 5.41) is 9.11. The molecule has 14 heavy (non-hydrogen) atoms. The van der Waals surface area contributed by atoms with Crippen LogP contribution in [-0.2, 0) is 0 Å². The summed E-state index contributed by atoms with van der Waals surface area (Å²) in [6.45, 7) is 0. The maximum absolute atomic E-state index is 9.11. The van der Waals surface area contributed by atoms with Gasteiger partial charge in [-0.05, 0) is 5.56 Å². The van der Waals surface area contributed by atoms with Gasteiger partial charge >= 0.3 is 0 Å². The van der Waals surface area contributed by atoms with Crippen molar-refractivity contribution in [2.45, 2.75) is 0 Å². The van der Waals surface area contributed by atoms with Crippen LogP contribution < -0.4 is 0 Å². The van der Waals surface area contributed by atoms with Gasteiger partial charge in [-0.25, -0.2) is 0 Å². The number of thioether (sulfide) groups is 2. The molecule has 1 aromatic rings. The molecule has 2 rings (SSSR count). The van der Waals surface area contributed by atoms with Crippen molar-refractivity contribution < 1.29 is 0 Å². The SMILES string of the molecule is N#CC(=C1SCCS1)c1ccccc1. The molecule has 1 fully saturated rings. The number of nitriles is 1. The third-order valence-electron chi connectivity index (χ3n) is 1.93. The Balaban J connectivity index is 2.40. The van der Waals surface area contributed by atoms with Crippen molar-refractivity contribution in [3.05, 3.63) is 40.1 Å². The van der Waals surface area contributed by atoms with Gasteiger partial charge in [0.1, 0.15) is 6.07 Å². The highest BCUT2D eigenvalue weighted by molar-refractivity contribution is 8.25. The van der Waals surface area contributed by atoms with Gasteiger partial charge in [0.15, 0.2) is 0 Å². The zero-order chi connectivity index (χ0) is 9.80.